The predicted octanol–water partition coefficient (Wildman–Crippen LogP) is 1.03. The van der Waals surface area contributed by atoms with Gasteiger partial charge in [0.05, 0.1) is 0 Å². The molecule has 11 heavy (non-hydrogen) atoms. The number of halogens is 1. The molecule has 0 heterocycles. The van der Waals surface area contributed by atoms with Gasteiger partial charge in [-0.3, -0.25) is 9.35 Å². The molecule has 0 bridgehead atoms. The summed E-state index contributed by atoms with van der Waals surface area (Å²) in [4.78, 5) is 0. The minimum atomic E-state index is -2.36. The van der Waals surface area contributed by atoms with E-state index in [-0.39, 0.29) is 0 Å². The Morgan fingerprint density at radius 2 is 1.73 bits per heavy atom. The van der Waals surface area contributed by atoms with E-state index in [0.29, 0.717) is 0 Å². The largest absolute Gasteiger partial charge is 0.760 e. The molecule has 1 aromatic rings. The lowest BCUT2D eigenvalue weighted by Gasteiger charge is -1.85. The van der Waals surface area contributed by atoms with E-state index >= 15 is 0 Å². The van der Waals surface area contributed by atoms with Gasteiger partial charge in [0.1, 0.15) is 0 Å². The Bertz CT molecular complexity index is 213. The maximum absolute atomic E-state index is 8.78. The molecule has 0 aromatic heterocycles. The lowest BCUT2D eigenvalue weighted by molar-refractivity contribution is 0.539. The summed E-state index contributed by atoms with van der Waals surface area (Å²) in [6, 6.07) is 10.2. The zero-order chi connectivity index (χ0) is 8.69. The Labute approximate surface area is 81.6 Å². The zero-order valence-corrected chi connectivity index (χ0v) is 8.54. The van der Waals surface area contributed by atoms with Gasteiger partial charge in [-0.2, -0.15) is 0 Å². The topological polar surface area (TPSA) is 66.2 Å². The molecule has 0 aliphatic rings. The van der Waals surface area contributed by atoms with Crippen LogP contribution < -0.4 is 5.14 Å². The normalized spacial score (nSPS) is 11.2. The van der Waals surface area contributed by atoms with Crippen LogP contribution in [0.1, 0.15) is 0 Å². The van der Waals surface area contributed by atoms with Gasteiger partial charge in [0.2, 0.25) is 0 Å². The standard InChI is InChI=1S/C6H5I.H3NO2S/c7-6-4-2-1-3-5-6;1-4(2)3/h1-5H;1H2,(H,2,3)/p-1. The Balaban J connectivity index is 0.000000218. The van der Waals surface area contributed by atoms with Crippen molar-refractivity contribution in [1.29, 1.82) is 0 Å². The molecule has 0 saturated carbocycles. The van der Waals surface area contributed by atoms with Crippen molar-refractivity contribution in [2.75, 3.05) is 0 Å². The monoisotopic (exact) mass is 284 g/mol. The van der Waals surface area contributed by atoms with Gasteiger partial charge in [-0.25, -0.2) is 0 Å². The van der Waals surface area contributed by atoms with Crippen molar-refractivity contribution in [2.24, 2.45) is 5.14 Å². The summed E-state index contributed by atoms with van der Waals surface area (Å²) in [5, 5.41) is 4.03. The first kappa shape index (κ1) is 11.0. The number of rotatable bonds is 0. The van der Waals surface area contributed by atoms with Crippen LogP contribution >= 0.6 is 22.6 Å². The highest BCUT2D eigenvalue weighted by Crippen LogP contribution is 1.99. The van der Waals surface area contributed by atoms with Crippen molar-refractivity contribution in [3.8, 4) is 0 Å². The van der Waals surface area contributed by atoms with Gasteiger partial charge in [-0.15, -0.1) is 0 Å². The molecule has 0 aliphatic heterocycles. The molecule has 1 unspecified atom stereocenters. The third-order valence-electron chi connectivity index (χ3n) is 0.733. The summed E-state index contributed by atoms with van der Waals surface area (Å²) >= 11 is -0.0813. The second kappa shape index (κ2) is 6.71. The van der Waals surface area contributed by atoms with Gasteiger partial charge in [0.25, 0.3) is 0 Å². The highest BCUT2D eigenvalue weighted by atomic mass is 127. The molecule has 0 radical (unpaired) electrons. The van der Waals surface area contributed by atoms with Gasteiger partial charge < -0.3 is 4.55 Å². The Hall–Kier alpha value is 0.0200. The van der Waals surface area contributed by atoms with E-state index in [9.17, 15) is 0 Å². The van der Waals surface area contributed by atoms with Gasteiger partial charge in [0, 0.05) is 14.8 Å². The van der Waals surface area contributed by atoms with Crippen LogP contribution in [0.3, 0.4) is 0 Å². The second-order valence-electron chi connectivity index (χ2n) is 1.56. The fourth-order valence-corrected chi connectivity index (χ4v) is 0.830. The van der Waals surface area contributed by atoms with Crippen LogP contribution in [0.25, 0.3) is 0 Å². The molecule has 62 valence electrons. The van der Waals surface area contributed by atoms with Crippen molar-refractivity contribution >= 4 is 33.9 Å². The van der Waals surface area contributed by atoms with E-state index in [2.05, 4.69) is 39.9 Å². The summed E-state index contributed by atoms with van der Waals surface area (Å²) in [6.07, 6.45) is 0. The summed E-state index contributed by atoms with van der Waals surface area (Å²) in [5.74, 6) is 0. The third kappa shape index (κ3) is 10.0. The molecular formula is C6H7INO2S-. The van der Waals surface area contributed by atoms with E-state index in [1.54, 1.807) is 0 Å². The van der Waals surface area contributed by atoms with E-state index in [1.165, 1.54) is 3.57 Å². The minimum absolute atomic E-state index is 1.29. The van der Waals surface area contributed by atoms with Gasteiger partial charge >= 0.3 is 0 Å². The maximum Gasteiger partial charge on any atom is 0.0152 e. The van der Waals surface area contributed by atoms with Crippen LogP contribution in [0.5, 0.6) is 0 Å². The second-order valence-corrected chi connectivity index (χ2v) is 3.32. The smallest absolute Gasteiger partial charge is 0.0152 e. The maximum atomic E-state index is 8.78. The first-order valence-electron chi connectivity index (χ1n) is 2.67. The van der Waals surface area contributed by atoms with Crippen LogP contribution in [0.2, 0.25) is 0 Å². The summed E-state index contributed by atoms with van der Waals surface area (Å²) < 4.78 is 18.8. The molecule has 5 heteroatoms. The van der Waals surface area contributed by atoms with Crippen molar-refractivity contribution in [3.05, 3.63) is 33.9 Å². The first-order valence-corrected chi connectivity index (χ1v) is 4.89. The quantitative estimate of drug-likeness (QED) is 0.571. The van der Waals surface area contributed by atoms with E-state index in [1.807, 2.05) is 18.2 Å². The fourth-order valence-electron chi connectivity index (χ4n) is 0.415. The summed E-state index contributed by atoms with van der Waals surface area (Å²) in [7, 11) is 0. The van der Waals surface area contributed by atoms with E-state index in [0.717, 1.165) is 0 Å². The molecular weight excluding hydrogens is 277 g/mol. The SMILES string of the molecule is Ic1ccccc1.NS(=O)[O-]. The Kier molecular flexibility index (Phi) is 6.73. The highest BCUT2D eigenvalue weighted by Gasteiger charge is 1.74. The molecule has 0 saturated heterocycles. The number of nitrogens with two attached hydrogens (primary N) is 1. The Morgan fingerprint density at radius 3 is 1.91 bits per heavy atom. The third-order valence-corrected chi connectivity index (χ3v) is 1.45. The Morgan fingerprint density at radius 1 is 1.36 bits per heavy atom. The van der Waals surface area contributed by atoms with Crippen molar-refractivity contribution in [2.45, 2.75) is 0 Å². The lowest BCUT2D eigenvalue weighted by Crippen LogP contribution is -1.97. The number of hydrogen-bond acceptors (Lipinski definition) is 2. The average Bonchev–Trinajstić information content (AvgIpc) is 1.87. The van der Waals surface area contributed by atoms with Crippen LogP contribution in [-0.2, 0) is 11.3 Å². The van der Waals surface area contributed by atoms with Crippen LogP contribution in [0.4, 0.5) is 0 Å². The lowest BCUT2D eigenvalue weighted by atomic mass is 10.4. The number of hydrogen-bond donors (Lipinski definition) is 1. The molecule has 1 aromatic carbocycles. The van der Waals surface area contributed by atoms with Crippen LogP contribution in [-0.4, -0.2) is 8.76 Å². The first-order chi connectivity index (χ1) is 5.13. The fraction of sp³-hybridized carbons (Fsp3) is 0. The molecule has 0 fully saturated rings. The summed E-state index contributed by atoms with van der Waals surface area (Å²) in [6.45, 7) is 0. The van der Waals surface area contributed by atoms with Gasteiger partial charge in [0.15, 0.2) is 0 Å². The van der Waals surface area contributed by atoms with Crippen molar-refractivity contribution in [1.82, 2.24) is 0 Å². The molecule has 0 spiro atoms. The van der Waals surface area contributed by atoms with Crippen LogP contribution in [0.15, 0.2) is 30.3 Å². The molecule has 2 N–H and O–H groups in total. The number of benzene rings is 1. The summed E-state index contributed by atoms with van der Waals surface area (Å²) in [5.41, 5.74) is 0. The molecule has 0 aliphatic carbocycles. The molecule has 1 atom stereocenters. The average molecular weight is 284 g/mol. The van der Waals surface area contributed by atoms with Crippen molar-refractivity contribution < 1.29 is 8.76 Å². The molecule has 3 nitrogen and oxygen atoms in total. The minimum Gasteiger partial charge on any atom is -0.760 e. The zero-order valence-electron chi connectivity index (χ0n) is 5.57. The van der Waals surface area contributed by atoms with E-state index < -0.39 is 11.3 Å². The van der Waals surface area contributed by atoms with Gasteiger partial charge in [-0.05, 0) is 34.7 Å². The molecule has 1 rings (SSSR count). The van der Waals surface area contributed by atoms with Gasteiger partial charge in [-0.1, -0.05) is 18.2 Å². The van der Waals surface area contributed by atoms with E-state index in [4.69, 9.17) is 8.76 Å². The molecule has 0 amide bonds. The van der Waals surface area contributed by atoms with Crippen LogP contribution in [0, 0.1) is 3.57 Å². The highest BCUT2D eigenvalue weighted by molar-refractivity contribution is 14.1. The predicted molar refractivity (Wildman–Crippen MR) is 52.3 cm³/mol. The van der Waals surface area contributed by atoms with Crippen molar-refractivity contribution in [3.63, 3.8) is 0 Å².